The Balaban J connectivity index is 1.82. The predicted octanol–water partition coefficient (Wildman–Crippen LogP) is 4.68. The summed E-state index contributed by atoms with van der Waals surface area (Å²) in [5, 5.41) is 0.947. The van der Waals surface area contributed by atoms with Crippen LogP contribution >= 0.6 is 23.1 Å². The number of thioether (sulfide) groups is 1. The molecule has 1 atom stereocenters. The maximum Gasteiger partial charge on any atom is 0.267 e. The van der Waals surface area contributed by atoms with Gasteiger partial charge in [-0.2, -0.15) is 0 Å². The molecular weight excluding hydrogens is 442 g/mol. The van der Waals surface area contributed by atoms with E-state index >= 15 is 0 Å². The Bertz CT molecular complexity index is 1180. The van der Waals surface area contributed by atoms with Crippen molar-refractivity contribution in [2.24, 2.45) is 0 Å². The Kier molecular flexibility index (Phi) is 6.90. The lowest BCUT2D eigenvalue weighted by Crippen LogP contribution is -2.36. The molecule has 1 aromatic carbocycles. The number of amides is 1. The quantitative estimate of drug-likeness (QED) is 0.352. The third kappa shape index (κ3) is 4.18. The van der Waals surface area contributed by atoms with Gasteiger partial charge < -0.3 is 9.64 Å². The van der Waals surface area contributed by atoms with Gasteiger partial charge in [-0.25, -0.2) is 4.98 Å². The highest BCUT2D eigenvalue weighted by Gasteiger charge is 2.26. The molecule has 3 aromatic rings. The summed E-state index contributed by atoms with van der Waals surface area (Å²) in [5.74, 6) is 0.815. The summed E-state index contributed by atoms with van der Waals surface area (Å²) in [6, 6.07) is 7.50. The number of nitrogens with zero attached hydrogens (tertiary/aromatic N) is 3. The lowest BCUT2D eigenvalue weighted by atomic mass is 10.2. The number of fused-ring (bicyclic) bond motifs is 3. The lowest BCUT2D eigenvalue weighted by molar-refractivity contribution is -0.129. The van der Waals surface area contributed by atoms with E-state index in [1.807, 2.05) is 56.9 Å². The normalized spacial score (nSPS) is 13.9. The van der Waals surface area contributed by atoms with E-state index < -0.39 is 0 Å². The Morgan fingerprint density at radius 2 is 1.94 bits per heavy atom. The van der Waals surface area contributed by atoms with Crippen LogP contribution in [0.2, 0.25) is 0 Å². The zero-order chi connectivity index (χ0) is 22.8. The molecule has 0 bridgehead atoms. The topological polar surface area (TPSA) is 64.4 Å². The summed E-state index contributed by atoms with van der Waals surface area (Å²) < 4.78 is 7.23. The van der Waals surface area contributed by atoms with Crippen molar-refractivity contribution in [3.63, 3.8) is 0 Å². The predicted molar refractivity (Wildman–Crippen MR) is 132 cm³/mol. The zero-order valence-electron chi connectivity index (χ0n) is 19.0. The van der Waals surface area contributed by atoms with Crippen molar-refractivity contribution in [1.82, 2.24) is 14.5 Å². The van der Waals surface area contributed by atoms with Gasteiger partial charge in [0.15, 0.2) is 5.16 Å². The molecular formula is C24H29N3O3S2. The first-order chi connectivity index (χ1) is 15.5. The molecule has 0 fully saturated rings. The Morgan fingerprint density at radius 1 is 1.22 bits per heavy atom. The molecule has 170 valence electrons. The van der Waals surface area contributed by atoms with Gasteiger partial charge in [0.2, 0.25) is 5.91 Å². The van der Waals surface area contributed by atoms with E-state index in [9.17, 15) is 9.59 Å². The smallest absolute Gasteiger partial charge is 0.267 e. The fourth-order valence-corrected chi connectivity index (χ4v) is 6.50. The summed E-state index contributed by atoms with van der Waals surface area (Å²) in [5.41, 5.74) is 1.84. The van der Waals surface area contributed by atoms with Crippen LogP contribution in [0.15, 0.2) is 34.2 Å². The largest absolute Gasteiger partial charge is 0.494 e. The minimum Gasteiger partial charge on any atom is -0.494 e. The van der Waals surface area contributed by atoms with Gasteiger partial charge in [-0.1, -0.05) is 11.8 Å². The Hall–Kier alpha value is -2.32. The monoisotopic (exact) mass is 471 g/mol. The van der Waals surface area contributed by atoms with Gasteiger partial charge in [-0.15, -0.1) is 11.3 Å². The number of aryl methyl sites for hydroxylation is 2. The molecule has 2 aromatic heterocycles. The van der Waals surface area contributed by atoms with Crippen LogP contribution < -0.4 is 10.3 Å². The van der Waals surface area contributed by atoms with Crippen molar-refractivity contribution in [3.8, 4) is 11.4 Å². The van der Waals surface area contributed by atoms with E-state index in [0.29, 0.717) is 24.9 Å². The molecule has 2 heterocycles. The highest BCUT2D eigenvalue weighted by molar-refractivity contribution is 8.00. The molecule has 8 heteroatoms. The number of ether oxygens (including phenoxy) is 1. The Morgan fingerprint density at radius 3 is 2.59 bits per heavy atom. The summed E-state index contributed by atoms with van der Waals surface area (Å²) in [7, 11) is 0. The maximum absolute atomic E-state index is 13.8. The first kappa shape index (κ1) is 22.9. The molecule has 0 radical (unpaired) electrons. The number of carbonyl (C=O) groups excluding carboxylic acids is 1. The molecule has 6 nitrogen and oxygen atoms in total. The van der Waals surface area contributed by atoms with Crippen LogP contribution in [-0.4, -0.2) is 45.3 Å². The molecule has 0 N–H and O–H groups in total. The fourth-order valence-electron chi connectivity index (χ4n) is 4.19. The zero-order valence-corrected chi connectivity index (χ0v) is 20.6. The second-order valence-electron chi connectivity index (χ2n) is 7.77. The van der Waals surface area contributed by atoms with Crippen molar-refractivity contribution in [3.05, 3.63) is 45.1 Å². The molecule has 1 unspecified atom stereocenters. The van der Waals surface area contributed by atoms with Gasteiger partial charge in [-0.3, -0.25) is 14.2 Å². The Labute approximate surface area is 196 Å². The number of thiophene rings is 1. The maximum atomic E-state index is 13.8. The third-order valence-corrected chi connectivity index (χ3v) is 8.04. The fraction of sp³-hybridized carbons (Fsp3) is 0.458. The van der Waals surface area contributed by atoms with Gasteiger partial charge in [-0.05, 0) is 76.8 Å². The summed E-state index contributed by atoms with van der Waals surface area (Å²) >= 11 is 2.98. The average Bonchev–Trinajstić information content (AvgIpc) is 3.36. The van der Waals surface area contributed by atoms with Gasteiger partial charge in [0.25, 0.3) is 5.56 Å². The highest BCUT2D eigenvalue weighted by atomic mass is 32.2. The van der Waals surface area contributed by atoms with E-state index in [2.05, 4.69) is 0 Å². The van der Waals surface area contributed by atoms with Gasteiger partial charge in [0.1, 0.15) is 10.6 Å². The molecule has 0 spiro atoms. The van der Waals surface area contributed by atoms with Crippen molar-refractivity contribution < 1.29 is 9.53 Å². The highest BCUT2D eigenvalue weighted by Crippen LogP contribution is 2.36. The SMILES string of the molecule is CCOc1ccc(-n2c(SC(C)C(=O)N(CC)CC)nc3sc4c(c3c2=O)CCC4)cc1. The summed E-state index contributed by atoms with van der Waals surface area (Å²) in [4.78, 5) is 35.5. The van der Waals surface area contributed by atoms with Crippen LogP contribution in [0.3, 0.4) is 0 Å². The molecule has 0 saturated carbocycles. The van der Waals surface area contributed by atoms with Crippen LogP contribution in [0.5, 0.6) is 5.75 Å². The molecule has 4 rings (SSSR count). The third-order valence-electron chi connectivity index (χ3n) is 5.82. The minimum atomic E-state index is -0.347. The number of hydrogen-bond acceptors (Lipinski definition) is 6. The van der Waals surface area contributed by atoms with Crippen molar-refractivity contribution in [2.45, 2.75) is 57.4 Å². The molecule has 0 aliphatic heterocycles. The number of rotatable bonds is 8. The second-order valence-corrected chi connectivity index (χ2v) is 10.2. The lowest BCUT2D eigenvalue weighted by Gasteiger charge is -2.23. The van der Waals surface area contributed by atoms with Crippen molar-refractivity contribution >= 4 is 39.2 Å². The van der Waals surface area contributed by atoms with Gasteiger partial charge in [0.05, 0.1) is 22.9 Å². The van der Waals surface area contributed by atoms with Gasteiger partial charge >= 0.3 is 0 Å². The molecule has 0 saturated heterocycles. The number of carbonyl (C=O) groups is 1. The minimum absolute atomic E-state index is 0.0523. The summed E-state index contributed by atoms with van der Waals surface area (Å²) in [6.45, 7) is 9.69. The molecule has 1 aliphatic carbocycles. The van der Waals surface area contributed by atoms with E-state index in [1.54, 1.807) is 15.9 Å². The number of benzene rings is 1. The van der Waals surface area contributed by atoms with Crippen molar-refractivity contribution in [2.75, 3.05) is 19.7 Å². The van der Waals surface area contributed by atoms with Crippen LogP contribution in [0.4, 0.5) is 0 Å². The molecule has 32 heavy (non-hydrogen) atoms. The first-order valence-corrected chi connectivity index (χ1v) is 12.9. The standard InChI is InChI=1S/C24H29N3O3S2/c1-5-26(6-2)22(28)15(4)31-24-25-21-20(18-9-8-10-19(18)32-21)23(29)27(24)16-11-13-17(14-12-16)30-7-3/h11-15H,5-10H2,1-4H3. The van der Waals surface area contributed by atoms with Crippen LogP contribution in [-0.2, 0) is 17.6 Å². The number of aromatic nitrogens is 2. The average molecular weight is 472 g/mol. The number of hydrogen-bond donors (Lipinski definition) is 0. The van der Waals surface area contributed by atoms with E-state index in [4.69, 9.17) is 9.72 Å². The van der Waals surface area contributed by atoms with Crippen LogP contribution in [0.25, 0.3) is 15.9 Å². The van der Waals surface area contributed by atoms with Crippen LogP contribution in [0.1, 0.15) is 44.6 Å². The van der Waals surface area contributed by atoms with Crippen molar-refractivity contribution in [1.29, 1.82) is 0 Å². The second kappa shape index (κ2) is 9.67. The van der Waals surface area contributed by atoms with E-state index in [1.165, 1.54) is 16.6 Å². The molecule has 1 amide bonds. The first-order valence-electron chi connectivity index (χ1n) is 11.2. The molecule has 1 aliphatic rings. The van der Waals surface area contributed by atoms with E-state index in [0.717, 1.165) is 46.5 Å². The van der Waals surface area contributed by atoms with E-state index in [-0.39, 0.29) is 16.7 Å². The van der Waals surface area contributed by atoms with Gasteiger partial charge in [0, 0.05) is 18.0 Å². The van der Waals surface area contributed by atoms with Crippen LogP contribution in [0, 0.1) is 0 Å². The summed E-state index contributed by atoms with van der Waals surface area (Å²) in [6.07, 6.45) is 3.03.